The van der Waals surface area contributed by atoms with E-state index in [0.29, 0.717) is 18.7 Å². The van der Waals surface area contributed by atoms with Gasteiger partial charge in [0.2, 0.25) is 0 Å². The highest BCUT2D eigenvalue weighted by Gasteiger charge is 2.28. The fourth-order valence-electron chi connectivity index (χ4n) is 3.05. The second-order valence-electron chi connectivity index (χ2n) is 6.90. The van der Waals surface area contributed by atoms with Crippen molar-refractivity contribution in [2.24, 2.45) is 0 Å². The molecular weight excluding hydrogens is 372 g/mol. The van der Waals surface area contributed by atoms with Gasteiger partial charge < -0.3 is 15.4 Å². The molecule has 3 rings (SSSR count). The van der Waals surface area contributed by atoms with Crippen molar-refractivity contribution in [1.29, 1.82) is 0 Å². The van der Waals surface area contributed by atoms with Gasteiger partial charge >= 0.3 is 12.0 Å². The van der Waals surface area contributed by atoms with Crippen LogP contribution in [0.4, 0.5) is 4.79 Å². The molecule has 1 aliphatic heterocycles. The Morgan fingerprint density at radius 3 is 2.59 bits per heavy atom. The van der Waals surface area contributed by atoms with Crippen molar-refractivity contribution in [1.82, 2.24) is 21.2 Å². The molecule has 3 N–H and O–H groups in total. The van der Waals surface area contributed by atoms with E-state index in [4.69, 9.17) is 4.84 Å². The average Bonchev–Trinajstić information content (AvgIpc) is 3.21. The van der Waals surface area contributed by atoms with Gasteiger partial charge in [0, 0.05) is 12.6 Å². The van der Waals surface area contributed by atoms with Crippen LogP contribution in [-0.4, -0.2) is 42.9 Å². The third kappa shape index (κ3) is 6.02. The molecule has 8 heteroatoms. The lowest BCUT2D eigenvalue weighted by molar-refractivity contribution is -0.0386. The maximum atomic E-state index is 12.1. The minimum atomic E-state index is -0.449. The minimum Gasteiger partial charge on any atom is -0.465 e. The molecule has 154 valence electrons. The third-order valence-electron chi connectivity index (χ3n) is 4.70. The van der Waals surface area contributed by atoms with Crippen LogP contribution in [0, 0.1) is 0 Å². The molecule has 2 unspecified atom stereocenters. The van der Waals surface area contributed by atoms with Gasteiger partial charge in [-0.1, -0.05) is 42.5 Å². The highest BCUT2D eigenvalue weighted by molar-refractivity contribution is 5.89. The fourth-order valence-corrected chi connectivity index (χ4v) is 3.05. The Hall–Kier alpha value is -2.94. The number of nitrogens with zero attached hydrogens (tertiary/aromatic N) is 1. The van der Waals surface area contributed by atoms with Gasteiger partial charge in [-0.25, -0.2) is 14.6 Å². The largest absolute Gasteiger partial charge is 0.465 e. The molecule has 2 aromatic carbocycles. The molecule has 0 spiro atoms. The lowest BCUT2D eigenvalue weighted by Crippen LogP contribution is -2.44. The monoisotopic (exact) mass is 398 g/mol. The highest BCUT2D eigenvalue weighted by atomic mass is 16.7. The van der Waals surface area contributed by atoms with E-state index < -0.39 is 6.23 Å². The summed E-state index contributed by atoms with van der Waals surface area (Å²) in [5, 5.41) is 7.53. The van der Waals surface area contributed by atoms with E-state index in [1.807, 2.05) is 23.2 Å². The van der Waals surface area contributed by atoms with Gasteiger partial charge in [0.25, 0.3) is 0 Å². The van der Waals surface area contributed by atoms with E-state index in [1.165, 1.54) is 12.7 Å². The van der Waals surface area contributed by atoms with E-state index in [9.17, 15) is 9.59 Å². The number of carbonyl (C=O) groups is 2. The third-order valence-corrected chi connectivity index (χ3v) is 4.70. The number of carbonyl (C=O) groups excluding carboxylic acids is 2. The maximum absolute atomic E-state index is 12.1. The number of esters is 1. The van der Waals surface area contributed by atoms with E-state index >= 15 is 0 Å². The van der Waals surface area contributed by atoms with Crippen molar-refractivity contribution in [2.45, 2.75) is 32.2 Å². The number of nitrogens with one attached hydrogen (secondary N) is 3. The van der Waals surface area contributed by atoms with Gasteiger partial charge in [-0.05, 0) is 36.6 Å². The van der Waals surface area contributed by atoms with Crippen molar-refractivity contribution in [2.75, 3.05) is 13.7 Å². The smallest absolute Gasteiger partial charge is 0.337 e. The number of hydrazine groups is 1. The van der Waals surface area contributed by atoms with E-state index in [2.05, 4.69) is 40.0 Å². The van der Waals surface area contributed by atoms with E-state index in [1.54, 1.807) is 24.3 Å². The maximum Gasteiger partial charge on any atom is 0.337 e. The number of benzene rings is 2. The fraction of sp³-hybridized carbons (Fsp3) is 0.333. The molecule has 1 aliphatic rings. The predicted molar refractivity (Wildman–Crippen MR) is 107 cm³/mol. The number of hydrogen-bond donors (Lipinski definition) is 3. The first-order chi connectivity index (χ1) is 14.0. The Kier molecular flexibility index (Phi) is 7.18. The summed E-state index contributed by atoms with van der Waals surface area (Å²) in [6.45, 7) is 2.97. The summed E-state index contributed by atoms with van der Waals surface area (Å²) in [5.74, 6) is -0.390. The van der Waals surface area contributed by atoms with Crippen LogP contribution >= 0.6 is 0 Å². The second-order valence-corrected chi connectivity index (χ2v) is 6.90. The van der Waals surface area contributed by atoms with Gasteiger partial charge in [0.05, 0.1) is 19.2 Å². The minimum absolute atomic E-state index is 0.209. The molecule has 1 saturated heterocycles. The van der Waals surface area contributed by atoms with E-state index in [-0.39, 0.29) is 18.0 Å². The molecule has 0 aliphatic carbocycles. The average molecular weight is 398 g/mol. The lowest BCUT2D eigenvalue weighted by atomic mass is 10.1. The van der Waals surface area contributed by atoms with Crippen LogP contribution < -0.4 is 16.2 Å². The first-order valence-corrected chi connectivity index (χ1v) is 9.48. The van der Waals surface area contributed by atoms with Gasteiger partial charge in [-0.3, -0.25) is 4.84 Å². The summed E-state index contributed by atoms with van der Waals surface area (Å²) in [4.78, 5) is 29.0. The van der Waals surface area contributed by atoms with Crippen molar-refractivity contribution < 1.29 is 19.2 Å². The van der Waals surface area contributed by atoms with Crippen LogP contribution in [0.2, 0.25) is 0 Å². The summed E-state index contributed by atoms with van der Waals surface area (Å²) in [6.07, 6.45) is 0.424. The first kappa shape index (κ1) is 20.8. The van der Waals surface area contributed by atoms with Crippen LogP contribution in [0.25, 0.3) is 0 Å². The predicted octanol–water partition coefficient (Wildman–Crippen LogP) is 1.98. The zero-order valence-electron chi connectivity index (χ0n) is 16.6. The molecular formula is C21H26N4O4. The molecule has 8 nitrogen and oxygen atoms in total. The molecule has 0 saturated carbocycles. The lowest BCUT2D eigenvalue weighted by Gasteiger charge is -2.22. The molecule has 1 fully saturated rings. The Morgan fingerprint density at radius 1 is 1.17 bits per heavy atom. The molecule has 2 amide bonds. The number of amides is 2. The SMILES string of the molecule is COC(=O)c1ccc(CNC(=O)NC2CN(C(C)Cc3ccccc3)NO2)cc1. The van der Waals surface area contributed by atoms with Gasteiger partial charge in [0.1, 0.15) is 0 Å². The topological polar surface area (TPSA) is 91.9 Å². The molecule has 2 aromatic rings. The Labute approximate surface area is 170 Å². The van der Waals surface area contributed by atoms with Crippen molar-refractivity contribution >= 4 is 12.0 Å². The van der Waals surface area contributed by atoms with Crippen molar-refractivity contribution in [3.05, 3.63) is 71.3 Å². The van der Waals surface area contributed by atoms with Crippen molar-refractivity contribution in [3.8, 4) is 0 Å². The molecule has 2 atom stereocenters. The highest BCUT2D eigenvalue weighted by Crippen LogP contribution is 2.11. The van der Waals surface area contributed by atoms with E-state index in [0.717, 1.165) is 12.0 Å². The quantitative estimate of drug-likeness (QED) is 0.618. The molecule has 29 heavy (non-hydrogen) atoms. The molecule has 1 heterocycles. The molecule has 0 bridgehead atoms. The molecule has 0 radical (unpaired) electrons. The summed E-state index contributed by atoms with van der Waals surface area (Å²) in [6, 6.07) is 17.0. The zero-order valence-corrected chi connectivity index (χ0v) is 16.6. The standard InChI is InChI=1S/C21H26N4O4/c1-15(12-16-6-4-3-5-7-16)25-14-19(29-24-25)23-21(27)22-13-17-8-10-18(11-9-17)20(26)28-2/h3-11,15,19,24H,12-14H2,1-2H3,(H2,22,23,27). The molecule has 0 aromatic heterocycles. The number of methoxy groups -OCH3 is 1. The summed E-state index contributed by atoms with van der Waals surface area (Å²) in [7, 11) is 1.34. The van der Waals surface area contributed by atoms with Crippen LogP contribution in [-0.2, 0) is 22.5 Å². The normalized spacial score (nSPS) is 17.5. The zero-order chi connectivity index (χ0) is 20.6. The van der Waals surface area contributed by atoms with Crippen LogP contribution in [0.15, 0.2) is 54.6 Å². The van der Waals surface area contributed by atoms with Crippen LogP contribution in [0.1, 0.15) is 28.4 Å². The summed E-state index contributed by atoms with van der Waals surface area (Å²) in [5.41, 5.74) is 5.46. The summed E-state index contributed by atoms with van der Waals surface area (Å²) >= 11 is 0. The van der Waals surface area contributed by atoms with Crippen LogP contribution in [0.5, 0.6) is 0 Å². The Morgan fingerprint density at radius 2 is 1.90 bits per heavy atom. The Balaban J connectivity index is 1.40. The van der Waals surface area contributed by atoms with Gasteiger partial charge in [-0.15, -0.1) is 5.59 Å². The number of ether oxygens (including phenoxy) is 1. The van der Waals surface area contributed by atoms with Crippen molar-refractivity contribution in [3.63, 3.8) is 0 Å². The second kappa shape index (κ2) is 10.0. The Bertz CT molecular complexity index is 813. The number of hydrogen-bond acceptors (Lipinski definition) is 6. The van der Waals surface area contributed by atoms with Gasteiger partial charge in [0.15, 0.2) is 6.23 Å². The number of urea groups is 1. The first-order valence-electron chi connectivity index (χ1n) is 9.48. The summed E-state index contributed by atoms with van der Waals surface area (Å²) < 4.78 is 4.66. The van der Waals surface area contributed by atoms with Crippen LogP contribution in [0.3, 0.4) is 0 Å². The van der Waals surface area contributed by atoms with Gasteiger partial charge in [-0.2, -0.15) is 0 Å². The number of rotatable bonds is 7.